The first kappa shape index (κ1) is 31.6. The van der Waals surface area contributed by atoms with E-state index in [9.17, 15) is 9.59 Å². The molecule has 2 aliphatic carbocycles. The number of hydrogen-bond donors (Lipinski definition) is 3. The van der Waals surface area contributed by atoms with Gasteiger partial charge >= 0.3 is 12.2 Å². The molecule has 1 amide bonds. The van der Waals surface area contributed by atoms with E-state index < -0.39 is 17.3 Å². The van der Waals surface area contributed by atoms with Crippen molar-refractivity contribution in [1.29, 1.82) is 0 Å². The molecule has 0 saturated heterocycles. The lowest BCUT2D eigenvalue weighted by Gasteiger charge is -2.32. The first-order chi connectivity index (χ1) is 21.7. The van der Waals surface area contributed by atoms with E-state index in [2.05, 4.69) is 21.0 Å². The SMILES string of the molecule is Cc1nn(C(=O)OC(C)(C)C)c2cc(Nc3nc(NC4CCC(NC(=O)OC(C)(C)C)C4C4CCCC4)c4occc4n3)ccc12. The van der Waals surface area contributed by atoms with Gasteiger partial charge < -0.3 is 29.8 Å². The molecule has 2 saturated carbocycles. The molecule has 2 fully saturated rings. The van der Waals surface area contributed by atoms with Gasteiger partial charge in [0.1, 0.15) is 16.7 Å². The van der Waals surface area contributed by atoms with E-state index >= 15 is 0 Å². The molecule has 0 aliphatic heterocycles. The van der Waals surface area contributed by atoms with E-state index in [0.29, 0.717) is 40.0 Å². The molecule has 0 spiro atoms. The Morgan fingerprint density at radius 2 is 1.65 bits per heavy atom. The largest absolute Gasteiger partial charge is 0.459 e. The molecule has 3 unspecified atom stereocenters. The fraction of sp³-hybridized carbons (Fsp3) is 0.559. The summed E-state index contributed by atoms with van der Waals surface area (Å²) < 4.78 is 18.3. The lowest BCUT2D eigenvalue weighted by atomic mass is 9.84. The standard InChI is InChI=1S/C34H45N7O5/c1-19-22-13-12-21(18-26(22)41(40-19)32(43)46-34(5,6)7)35-30-37-25-16-17-44-28(25)29(39-30)36-23-14-15-24(27(23)20-10-8-9-11-20)38-31(42)45-33(2,3)4/h12-13,16-18,20,23-24,27H,8-11,14-15H2,1-7H3,(H,38,42)(H2,35,36,37,39). The van der Waals surface area contributed by atoms with Gasteiger partial charge in [0.2, 0.25) is 5.95 Å². The van der Waals surface area contributed by atoms with Crippen LogP contribution < -0.4 is 16.0 Å². The van der Waals surface area contributed by atoms with Gasteiger partial charge in [-0.05, 0) is 85.4 Å². The minimum absolute atomic E-state index is 0.00647. The van der Waals surface area contributed by atoms with Crippen molar-refractivity contribution in [2.24, 2.45) is 11.8 Å². The molecule has 1 aromatic carbocycles. The van der Waals surface area contributed by atoms with Crippen molar-refractivity contribution in [1.82, 2.24) is 25.1 Å². The zero-order valence-corrected chi connectivity index (χ0v) is 27.8. The fourth-order valence-electron chi connectivity index (χ4n) is 6.93. The highest BCUT2D eigenvalue weighted by molar-refractivity contribution is 5.92. The van der Waals surface area contributed by atoms with E-state index in [1.165, 1.54) is 17.5 Å². The molecule has 12 nitrogen and oxygen atoms in total. The van der Waals surface area contributed by atoms with Crippen LogP contribution in [0.1, 0.15) is 85.8 Å². The molecule has 4 aromatic rings. The Balaban J connectivity index is 1.26. The van der Waals surface area contributed by atoms with Gasteiger partial charge in [-0.2, -0.15) is 14.8 Å². The Morgan fingerprint density at radius 1 is 0.935 bits per heavy atom. The van der Waals surface area contributed by atoms with E-state index in [0.717, 1.165) is 36.8 Å². The quantitative estimate of drug-likeness (QED) is 0.194. The first-order valence-corrected chi connectivity index (χ1v) is 16.3. The third-order valence-corrected chi connectivity index (χ3v) is 8.68. The molecule has 3 atom stereocenters. The van der Waals surface area contributed by atoms with Crippen LogP contribution in [0.5, 0.6) is 0 Å². The zero-order chi connectivity index (χ0) is 32.8. The van der Waals surface area contributed by atoms with E-state index in [-0.39, 0.29) is 24.1 Å². The van der Waals surface area contributed by atoms with Crippen molar-refractivity contribution in [2.75, 3.05) is 10.6 Å². The van der Waals surface area contributed by atoms with Crippen LogP contribution in [0.3, 0.4) is 0 Å². The molecule has 0 bridgehead atoms. The number of ether oxygens (including phenoxy) is 2. The Morgan fingerprint density at radius 3 is 2.37 bits per heavy atom. The van der Waals surface area contributed by atoms with E-state index in [4.69, 9.17) is 23.9 Å². The lowest BCUT2D eigenvalue weighted by molar-refractivity contribution is 0.0479. The highest BCUT2D eigenvalue weighted by Gasteiger charge is 2.43. The van der Waals surface area contributed by atoms with Crippen molar-refractivity contribution in [3.05, 3.63) is 36.2 Å². The number of furan rings is 1. The highest BCUT2D eigenvalue weighted by Crippen LogP contribution is 2.42. The predicted molar refractivity (Wildman–Crippen MR) is 176 cm³/mol. The van der Waals surface area contributed by atoms with Crippen LogP contribution in [0.4, 0.5) is 27.0 Å². The first-order valence-electron chi connectivity index (χ1n) is 16.3. The molecular weight excluding hydrogens is 586 g/mol. The molecule has 46 heavy (non-hydrogen) atoms. The van der Waals surface area contributed by atoms with Crippen molar-refractivity contribution in [3.63, 3.8) is 0 Å². The van der Waals surface area contributed by atoms with Crippen LogP contribution in [0.2, 0.25) is 0 Å². The Bertz CT molecular complexity index is 1740. The Hall–Kier alpha value is -4.35. The number of benzene rings is 1. The zero-order valence-electron chi connectivity index (χ0n) is 27.8. The topological polar surface area (TPSA) is 145 Å². The summed E-state index contributed by atoms with van der Waals surface area (Å²) in [5, 5.41) is 15.5. The second kappa shape index (κ2) is 12.1. The van der Waals surface area contributed by atoms with E-state index in [1.54, 1.807) is 6.26 Å². The molecule has 3 N–H and O–H groups in total. The van der Waals surface area contributed by atoms with Gasteiger partial charge in [0.05, 0.1) is 17.5 Å². The Labute approximate surface area is 269 Å². The molecule has 6 rings (SSSR count). The van der Waals surface area contributed by atoms with Gasteiger partial charge in [-0.25, -0.2) is 14.6 Å². The summed E-state index contributed by atoms with van der Waals surface area (Å²) in [5.41, 5.74) is 2.06. The number of nitrogens with zero attached hydrogens (tertiary/aromatic N) is 4. The maximum Gasteiger partial charge on any atom is 0.435 e. The van der Waals surface area contributed by atoms with Gasteiger partial charge in [0, 0.05) is 35.1 Å². The molecule has 2 aliphatic rings. The number of carbonyl (C=O) groups excluding carboxylic acids is 2. The number of hydrogen-bond acceptors (Lipinski definition) is 10. The van der Waals surface area contributed by atoms with Crippen LogP contribution in [0.25, 0.3) is 22.0 Å². The predicted octanol–water partition coefficient (Wildman–Crippen LogP) is 7.68. The maximum absolute atomic E-state index is 12.9. The van der Waals surface area contributed by atoms with Crippen LogP contribution in [0.15, 0.2) is 34.9 Å². The number of aromatic nitrogens is 4. The number of alkyl carbamates (subject to hydrolysis) is 1. The van der Waals surface area contributed by atoms with Gasteiger partial charge in [0.25, 0.3) is 0 Å². The van der Waals surface area contributed by atoms with Crippen LogP contribution in [-0.4, -0.2) is 55.2 Å². The Kier molecular flexibility index (Phi) is 8.32. The highest BCUT2D eigenvalue weighted by atomic mass is 16.6. The van der Waals surface area contributed by atoms with Crippen LogP contribution >= 0.6 is 0 Å². The number of carbonyl (C=O) groups is 2. The third kappa shape index (κ3) is 6.90. The van der Waals surface area contributed by atoms with Crippen molar-refractivity contribution < 1.29 is 23.5 Å². The normalized spacial score (nSPS) is 20.7. The van der Waals surface area contributed by atoms with Gasteiger partial charge in [-0.3, -0.25) is 0 Å². The third-order valence-electron chi connectivity index (χ3n) is 8.68. The lowest BCUT2D eigenvalue weighted by Crippen LogP contribution is -2.45. The summed E-state index contributed by atoms with van der Waals surface area (Å²) in [5.74, 6) is 1.70. The minimum atomic E-state index is -0.654. The smallest absolute Gasteiger partial charge is 0.435 e. The second-order valence-corrected chi connectivity index (χ2v) is 14.6. The number of aryl methyl sites for hydroxylation is 1. The summed E-state index contributed by atoms with van der Waals surface area (Å²) >= 11 is 0. The van der Waals surface area contributed by atoms with Gasteiger partial charge in [-0.1, -0.05) is 25.7 Å². The summed E-state index contributed by atoms with van der Waals surface area (Å²) in [6, 6.07) is 7.57. The number of fused-ring (bicyclic) bond motifs is 2. The van der Waals surface area contributed by atoms with Crippen LogP contribution in [0, 0.1) is 18.8 Å². The number of rotatable bonds is 6. The average molecular weight is 632 g/mol. The van der Waals surface area contributed by atoms with Crippen molar-refractivity contribution in [3.8, 4) is 0 Å². The number of nitrogens with one attached hydrogen (secondary N) is 3. The summed E-state index contributed by atoms with van der Waals surface area (Å²) in [6.07, 6.45) is 7.11. The maximum atomic E-state index is 12.9. The number of anilines is 3. The van der Waals surface area contributed by atoms with Crippen molar-refractivity contribution >= 4 is 51.6 Å². The average Bonchev–Trinajstić information content (AvgIpc) is 3.74. The molecule has 12 heteroatoms. The van der Waals surface area contributed by atoms with Crippen molar-refractivity contribution in [2.45, 2.75) is 110 Å². The second-order valence-electron chi connectivity index (χ2n) is 14.6. The molecule has 3 heterocycles. The van der Waals surface area contributed by atoms with Gasteiger partial charge in [-0.15, -0.1) is 0 Å². The summed E-state index contributed by atoms with van der Waals surface area (Å²) in [6.45, 7) is 13.0. The molecular formula is C34H45N7O5. The minimum Gasteiger partial charge on any atom is -0.459 e. The monoisotopic (exact) mass is 631 g/mol. The molecule has 246 valence electrons. The fourth-order valence-corrected chi connectivity index (χ4v) is 6.93. The molecule has 0 radical (unpaired) electrons. The summed E-state index contributed by atoms with van der Waals surface area (Å²) in [4.78, 5) is 35.3. The van der Waals surface area contributed by atoms with E-state index in [1.807, 2.05) is 72.7 Å². The summed E-state index contributed by atoms with van der Waals surface area (Å²) in [7, 11) is 0. The van der Waals surface area contributed by atoms with Gasteiger partial charge in [0.15, 0.2) is 11.4 Å². The van der Waals surface area contributed by atoms with Crippen LogP contribution in [-0.2, 0) is 9.47 Å². The number of amides is 1. The molecule has 3 aromatic heterocycles.